The number of halogens is 3. The van der Waals surface area contributed by atoms with Crippen LogP contribution in [0.1, 0.15) is 22.8 Å². The third-order valence-electron chi connectivity index (χ3n) is 5.13. The number of hydrogen-bond acceptors (Lipinski definition) is 3. The molecule has 1 atom stereocenters. The van der Waals surface area contributed by atoms with Crippen LogP contribution in [0, 0.1) is 6.92 Å². The molecular formula is C21H22Cl3N3O2. The molecule has 1 fully saturated rings. The zero-order valence-corrected chi connectivity index (χ0v) is 18.5. The van der Waals surface area contributed by atoms with E-state index in [4.69, 9.17) is 34.8 Å². The van der Waals surface area contributed by atoms with Gasteiger partial charge in [0.2, 0.25) is 5.91 Å². The van der Waals surface area contributed by atoms with Gasteiger partial charge in [-0.15, -0.1) is 0 Å². The first-order chi connectivity index (χ1) is 13.8. The normalized spacial score (nSPS) is 15.8. The molecule has 0 saturated carbocycles. The van der Waals surface area contributed by atoms with Gasteiger partial charge in [-0.05, 0) is 43.7 Å². The molecule has 1 unspecified atom stereocenters. The predicted molar refractivity (Wildman–Crippen MR) is 118 cm³/mol. The molecule has 0 bridgehead atoms. The van der Waals surface area contributed by atoms with E-state index in [0.29, 0.717) is 52.5 Å². The van der Waals surface area contributed by atoms with E-state index in [-0.39, 0.29) is 17.9 Å². The highest BCUT2D eigenvalue weighted by atomic mass is 35.5. The van der Waals surface area contributed by atoms with Crippen LogP contribution < -0.4 is 5.32 Å². The maximum absolute atomic E-state index is 12.7. The Morgan fingerprint density at radius 3 is 2.38 bits per heavy atom. The van der Waals surface area contributed by atoms with Gasteiger partial charge in [0.25, 0.3) is 5.91 Å². The molecule has 1 N–H and O–H groups in total. The van der Waals surface area contributed by atoms with Gasteiger partial charge in [-0.3, -0.25) is 14.5 Å². The van der Waals surface area contributed by atoms with E-state index in [2.05, 4.69) is 5.32 Å². The Kier molecular flexibility index (Phi) is 7.06. The molecule has 1 aliphatic rings. The van der Waals surface area contributed by atoms with Crippen LogP contribution in [0.15, 0.2) is 36.4 Å². The average Bonchev–Trinajstić information content (AvgIpc) is 2.73. The second-order valence-corrected chi connectivity index (χ2v) is 8.28. The number of amides is 2. The lowest BCUT2D eigenvalue weighted by molar-refractivity contribution is -0.121. The molecule has 154 valence electrons. The average molecular weight is 455 g/mol. The zero-order chi connectivity index (χ0) is 21.1. The molecule has 2 aromatic carbocycles. The second-order valence-electron chi connectivity index (χ2n) is 7.06. The van der Waals surface area contributed by atoms with E-state index in [1.54, 1.807) is 41.3 Å². The lowest BCUT2D eigenvalue weighted by atomic mass is 10.1. The molecular weight excluding hydrogens is 433 g/mol. The van der Waals surface area contributed by atoms with E-state index >= 15 is 0 Å². The van der Waals surface area contributed by atoms with Gasteiger partial charge in [0.05, 0.1) is 21.8 Å². The maximum Gasteiger partial charge on any atom is 0.253 e. The lowest BCUT2D eigenvalue weighted by Gasteiger charge is -2.37. The summed E-state index contributed by atoms with van der Waals surface area (Å²) in [5.41, 5.74) is 1.84. The minimum absolute atomic E-state index is 0.0532. The first-order valence-electron chi connectivity index (χ1n) is 9.32. The molecule has 0 radical (unpaired) electrons. The Labute approximate surface area is 185 Å². The summed E-state index contributed by atoms with van der Waals surface area (Å²) in [7, 11) is 0. The summed E-state index contributed by atoms with van der Waals surface area (Å²) < 4.78 is 0. The van der Waals surface area contributed by atoms with Crippen molar-refractivity contribution < 1.29 is 9.59 Å². The molecule has 1 saturated heterocycles. The Balaban J connectivity index is 1.60. The smallest absolute Gasteiger partial charge is 0.253 e. The number of nitrogens with one attached hydrogen (secondary N) is 1. The van der Waals surface area contributed by atoms with Crippen LogP contribution in [0.25, 0.3) is 0 Å². The van der Waals surface area contributed by atoms with Crippen molar-refractivity contribution >= 4 is 52.3 Å². The molecule has 1 heterocycles. The monoisotopic (exact) mass is 453 g/mol. The standard InChI is InChI=1S/C21H22Cl3N3O2/c1-13-6-7-17(23)19(18(13)24)25-20(28)14(2)26-8-10-27(11-9-26)21(29)15-4-3-5-16(22)12-15/h3-7,12,14H,8-11H2,1-2H3,(H,25,28). The van der Waals surface area contributed by atoms with Crippen molar-refractivity contribution in [3.8, 4) is 0 Å². The number of carbonyl (C=O) groups excluding carboxylic acids is 2. The number of anilines is 1. The quantitative estimate of drug-likeness (QED) is 0.726. The van der Waals surface area contributed by atoms with E-state index in [1.165, 1.54) is 0 Å². The molecule has 8 heteroatoms. The number of carbonyl (C=O) groups is 2. The molecule has 2 amide bonds. The number of benzene rings is 2. The fourth-order valence-corrected chi connectivity index (χ4v) is 3.94. The number of hydrogen-bond donors (Lipinski definition) is 1. The first kappa shape index (κ1) is 21.9. The first-order valence-corrected chi connectivity index (χ1v) is 10.5. The highest BCUT2D eigenvalue weighted by Crippen LogP contribution is 2.33. The molecule has 0 aliphatic carbocycles. The van der Waals surface area contributed by atoms with Gasteiger partial charge in [-0.25, -0.2) is 0 Å². The van der Waals surface area contributed by atoms with Crippen molar-refractivity contribution in [1.82, 2.24) is 9.80 Å². The van der Waals surface area contributed by atoms with Gasteiger partial charge in [0.1, 0.15) is 0 Å². The van der Waals surface area contributed by atoms with Crippen LogP contribution in [-0.2, 0) is 4.79 Å². The van der Waals surface area contributed by atoms with Gasteiger partial charge in [-0.2, -0.15) is 0 Å². The highest BCUT2D eigenvalue weighted by Gasteiger charge is 2.28. The van der Waals surface area contributed by atoms with E-state index < -0.39 is 0 Å². The maximum atomic E-state index is 12.7. The van der Waals surface area contributed by atoms with Gasteiger partial charge in [0.15, 0.2) is 0 Å². The summed E-state index contributed by atoms with van der Waals surface area (Å²) >= 11 is 18.5. The van der Waals surface area contributed by atoms with Crippen LogP contribution in [0.3, 0.4) is 0 Å². The molecule has 0 aromatic heterocycles. The van der Waals surface area contributed by atoms with Crippen LogP contribution in [0.4, 0.5) is 5.69 Å². The Morgan fingerprint density at radius 1 is 1.03 bits per heavy atom. The molecule has 3 rings (SSSR count). The fraction of sp³-hybridized carbons (Fsp3) is 0.333. The third kappa shape index (κ3) is 5.04. The summed E-state index contributed by atoms with van der Waals surface area (Å²) in [5.74, 6) is -0.239. The van der Waals surface area contributed by atoms with Gasteiger partial charge < -0.3 is 10.2 Å². The Bertz CT molecular complexity index is 927. The predicted octanol–water partition coefficient (Wildman–Crippen LogP) is 4.74. The molecule has 5 nitrogen and oxygen atoms in total. The van der Waals surface area contributed by atoms with Gasteiger partial charge in [0, 0.05) is 36.8 Å². The van der Waals surface area contributed by atoms with Gasteiger partial charge in [-0.1, -0.05) is 46.9 Å². The largest absolute Gasteiger partial charge is 0.336 e. The van der Waals surface area contributed by atoms with Crippen LogP contribution >= 0.6 is 34.8 Å². The highest BCUT2D eigenvalue weighted by molar-refractivity contribution is 6.40. The molecule has 2 aromatic rings. The van der Waals surface area contributed by atoms with Crippen molar-refractivity contribution in [2.45, 2.75) is 19.9 Å². The summed E-state index contributed by atoms with van der Waals surface area (Å²) in [6.45, 7) is 5.95. The van der Waals surface area contributed by atoms with Crippen LogP contribution in [0.2, 0.25) is 15.1 Å². The van der Waals surface area contributed by atoms with Crippen molar-refractivity contribution in [3.63, 3.8) is 0 Å². The van der Waals surface area contributed by atoms with E-state index in [0.717, 1.165) is 5.56 Å². The zero-order valence-electron chi connectivity index (χ0n) is 16.2. The van der Waals surface area contributed by atoms with Crippen LogP contribution in [-0.4, -0.2) is 53.8 Å². The van der Waals surface area contributed by atoms with Crippen molar-refractivity contribution in [1.29, 1.82) is 0 Å². The second kappa shape index (κ2) is 9.35. The summed E-state index contributed by atoms with van der Waals surface area (Å²) in [4.78, 5) is 29.2. The van der Waals surface area contributed by atoms with Crippen LogP contribution in [0.5, 0.6) is 0 Å². The molecule has 0 spiro atoms. The Hall–Kier alpha value is -1.79. The van der Waals surface area contributed by atoms with Crippen molar-refractivity contribution in [2.24, 2.45) is 0 Å². The summed E-state index contributed by atoms with van der Waals surface area (Å²) in [5, 5.41) is 4.22. The SMILES string of the molecule is Cc1ccc(Cl)c(NC(=O)C(C)N2CCN(C(=O)c3cccc(Cl)c3)CC2)c1Cl. The minimum atomic E-state index is -0.383. The van der Waals surface area contributed by atoms with E-state index in [9.17, 15) is 9.59 Å². The number of piperazine rings is 1. The molecule has 29 heavy (non-hydrogen) atoms. The number of rotatable bonds is 4. The van der Waals surface area contributed by atoms with Crippen molar-refractivity contribution in [2.75, 3.05) is 31.5 Å². The number of nitrogens with zero attached hydrogens (tertiary/aromatic N) is 2. The lowest BCUT2D eigenvalue weighted by Crippen LogP contribution is -2.54. The summed E-state index contributed by atoms with van der Waals surface area (Å²) in [6.07, 6.45) is 0. The Morgan fingerprint density at radius 2 is 1.72 bits per heavy atom. The van der Waals surface area contributed by atoms with E-state index in [1.807, 2.05) is 18.7 Å². The third-order valence-corrected chi connectivity index (χ3v) is 6.17. The minimum Gasteiger partial charge on any atom is -0.336 e. The van der Waals surface area contributed by atoms with Gasteiger partial charge >= 0.3 is 0 Å². The number of aryl methyl sites for hydroxylation is 1. The molecule has 1 aliphatic heterocycles. The fourth-order valence-electron chi connectivity index (χ4n) is 3.28. The topological polar surface area (TPSA) is 52.7 Å². The summed E-state index contributed by atoms with van der Waals surface area (Å²) in [6, 6.07) is 10.1. The van der Waals surface area contributed by atoms with Crippen molar-refractivity contribution in [3.05, 3.63) is 62.6 Å².